The smallest absolute Gasteiger partial charge is 0.120 e. The van der Waals surface area contributed by atoms with Gasteiger partial charge in [0.25, 0.3) is 0 Å². The summed E-state index contributed by atoms with van der Waals surface area (Å²) < 4.78 is 0. The molecule has 0 heterocycles. The van der Waals surface area contributed by atoms with E-state index >= 15 is 0 Å². The number of nitrogens with one attached hydrogen (secondary N) is 1. The van der Waals surface area contributed by atoms with Crippen molar-refractivity contribution in [2.45, 2.75) is 38.3 Å². The molecule has 2 aromatic rings. The molecule has 1 aliphatic rings. The molecule has 0 aliphatic heterocycles. The summed E-state index contributed by atoms with van der Waals surface area (Å²) >= 11 is 0. The minimum absolute atomic E-state index is 0.267. The maximum atomic E-state index is 10.1. The topological polar surface area (TPSA) is 32.3 Å². The highest BCUT2D eigenvalue weighted by atomic mass is 16.3. The van der Waals surface area contributed by atoms with Gasteiger partial charge in [0.05, 0.1) is 0 Å². The fourth-order valence-electron chi connectivity index (χ4n) is 2.70. The fourth-order valence-corrected chi connectivity index (χ4v) is 2.70. The maximum absolute atomic E-state index is 10.1. The van der Waals surface area contributed by atoms with Crippen LogP contribution in [0, 0.1) is 0 Å². The first-order chi connectivity index (χ1) is 8.68. The van der Waals surface area contributed by atoms with Crippen molar-refractivity contribution in [3.63, 3.8) is 0 Å². The Bertz CT molecular complexity index is 572. The van der Waals surface area contributed by atoms with Gasteiger partial charge >= 0.3 is 0 Å². The third-order valence-electron chi connectivity index (χ3n) is 4.16. The molecule has 94 valence electrons. The Morgan fingerprint density at radius 3 is 2.67 bits per heavy atom. The van der Waals surface area contributed by atoms with E-state index in [0.29, 0.717) is 5.75 Å². The lowest BCUT2D eigenvalue weighted by atomic mass is 9.78. The molecule has 2 aromatic carbocycles. The first-order valence-corrected chi connectivity index (χ1v) is 6.63. The zero-order chi connectivity index (χ0) is 12.6. The third kappa shape index (κ3) is 1.97. The van der Waals surface area contributed by atoms with E-state index in [4.69, 9.17) is 0 Å². The van der Waals surface area contributed by atoms with Gasteiger partial charge in [-0.2, -0.15) is 0 Å². The lowest BCUT2D eigenvalue weighted by molar-refractivity contribution is 0.206. The van der Waals surface area contributed by atoms with E-state index in [-0.39, 0.29) is 5.54 Å². The van der Waals surface area contributed by atoms with Crippen molar-refractivity contribution in [3.8, 4) is 5.75 Å². The average molecular weight is 241 g/mol. The largest absolute Gasteiger partial charge is 0.508 e. The van der Waals surface area contributed by atoms with Crippen LogP contribution in [0.5, 0.6) is 5.75 Å². The van der Waals surface area contributed by atoms with Gasteiger partial charge in [0.1, 0.15) is 5.75 Å². The van der Waals surface area contributed by atoms with Crippen molar-refractivity contribution >= 4 is 10.8 Å². The quantitative estimate of drug-likeness (QED) is 0.861. The molecule has 2 heteroatoms. The van der Waals surface area contributed by atoms with E-state index in [1.165, 1.54) is 24.6 Å². The molecule has 0 spiro atoms. The number of rotatable bonds is 3. The van der Waals surface area contributed by atoms with E-state index in [1.807, 2.05) is 18.2 Å². The van der Waals surface area contributed by atoms with Crippen LogP contribution in [0.1, 0.15) is 31.7 Å². The maximum Gasteiger partial charge on any atom is 0.120 e. The van der Waals surface area contributed by atoms with Gasteiger partial charge in [0.15, 0.2) is 0 Å². The van der Waals surface area contributed by atoms with Crippen LogP contribution in [0.4, 0.5) is 0 Å². The van der Waals surface area contributed by atoms with Crippen molar-refractivity contribution in [1.29, 1.82) is 0 Å². The minimum Gasteiger partial charge on any atom is -0.508 e. The van der Waals surface area contributed by atoms with Crippen LogP contribution in [0.3, 0.4) is 0 Å². The molecule has 0 bridgehead atoms. The zero-order valence-electron chi connectivity index (χ0n) is 10.7. The van der Waals surface area contributed by atoms with Crippen molar-refractivity contribution in [3.05, 3.63) is 42.0 Å². The Balaban J connectivity index is 1.92. The Hall–Kier alpha value is -1.54. The van der Waals surface area contributed by atoms with Crippen molar-refractivity contribution in [1.82, 2.24) is 5.32 Å². The summed E-state index contributed by atoms with van der Waals surface area (Å²) in [4.78, 5) is 0. The molecule has 0 amide bonds. The summed E-state index contributed by atoms with van der Waals surface area (Å²) in [7, 11) is 0. The van der Waals surface area contributed by atoms with Gasteiger partial charge in [-0.15, -0.1) is 0 Å². The SMILES string of the molecule is CC1(NCc2c(O)ccc3ccccc23)CCC1. The van der Waals surface area contributed by atoms with E-state index in [1.54, 1.807) is 6.07 Å². The molecule has 2 nitrogen and oxygen atoms in total. The van der Waals surface area contributed by atoms with Crippen LogP contribution in [0.15, 0.2) is 36.4 Å². The second kappa shape index (κ2) is 4.29. The van der Waals surface area contributed by atoms with E-state index in [9.17, 15) is 5.11 Å². The molecule has 3 rings (SSSR count). The average Bonchev–Trinajstić information content (AvgIpc) is 2.35. The number of benzene rings is 2. The van der Waals surface area contributed by atoms with Gasteiger partial charge in [-0.1, -0.05) is 30.3 Å². The van der Waals surface area contributed by atoms with E-state index < -0.39 is 0 Å². The Kier molecular flexibility index (Phi) is 2.75. The highest BCUT2D eigenvalue weighted by molar-refractivity contribution is 5.87. The van der Waals surface area contributed by atoms with Crippen LogP contribution < -0.4 is 5.32 Å². The molecule has 0 saturated heterocycles. The summed E-state index contributed by atoms with van der Waals surface area (Å²) in [5.74, 6) is 0.393. The normalized spacial score (nSPS) is 17.6. The van der Waals surface area contributed by atoms with Crippen LogP contribution in [0.25, 0.3) is 10.8 Å². The van der Waals surface area contributed by atoms with Crippen LogP contribution in [-0.4, -0.2) is 10.6 Å². The van der Waals surface area contributed by atoms with E-state index in [2.05, 4.69) is 24.4 Å². The molecular formula is C16H19NO. The first kappa shape index (κ1) is 11.5. The van der Waals surface area contributed by atoms with Gasteiger partial charge in [-0.25, -0.2) is 0 Å². The van der Waals surface area contributed by atoms with E-state index in [0.717, 1.165) is 17.5 Å². The Labute approximate surface area is 108 Å². The number of aromatic hydroxyl groups is 1. The Morgan fingerprint density at radius 1 is 1.17 bits per heavy atom. The van der Waals surface area contributed by atoms with Gasteiger partial charge in [-0.05, 0) is 43.0 Å². The molecule has 1 saturated carbocycles. The van der Waals surface area contributed by atoms with Crippen molar-refractivity contribution in [2.24, 2.45) is 0 Å². The molecule has 0 radical (unpaired) electrons. The van der Waals surface area contributed by atoms with Crippen LogP contribution in [0.2, 0.25) is 0 Å². The molecule has 0 atom stereocenters. The summed E-state index contributed by atoms with van der Waals surface area (Å²) in [5, 5.41) is 16.0. The lowest BCUT2D eigenvalue weighted by Crippen LogP contribution is -2.47. The first-order valence-electron chi connectivity index (χ1n) is 6.63. The predicted molar refractivity (Wildman–Crippen MR) is 74.7 cm³/mol. The fraction of sp³-hybridized carbons (Fsp3) is 0.375. The molecular weight excluding hydrogens is 222 g/mol. The number of phenols is 1. The molecule has 1 fully saturated rings. The number of phenolic OH excluding ortho intramolecular Hbond substituents is 1. The predicted octanol–water partition coefficient (Wildman–Crippen LogP) is 3.58. The van der Waals surface area contributed by atoms with Crippen LogP contribution in [-0.2, 0) is 6.54 Å². The summed E-state index contributed by atoms with van der Waals surface area (Å²) in [6.07, 6.45) is 3.78. The van der Waals surface area contributed by atoms with Gasteiger partial charge in [0.2, 0.25) is 0 Å². The highest BCUT2D eigenvalue weighted by Crippen LogP contribution is 2.33. The van der Waals surface area contributed by atoms with Gasteiger partial charge < -0.3 is 10.4 Å². The molecule has 1 aliphatic carbocycles. The number of hydrogen-bond donors (Lipinski definition) is 2. The summed E-state index contributed by atoms with van der Waals surface area (Å²) in [5.41, 5.74) is 1.28. The lowest BCUT2D eigenvalue weighted by Gasteiger charge is -2.39. The summed E-state index contributed by atoms with van der Waals surface area (Å²) in [6.45, 7) is 3.00. The highest BCUT2D eigenvalue weighted by Gasteiger charge is 2.31. The molecule has 0 unspecified atom stereocenters. The summed E-state index contributed by atoms with van der Waals surface area (Å²) in [6, 6.07) is 12.0. The number of fused-ring (bicyclic) bond motifs is 1. The molecule has 2 N–H and O–H groups in total. The minimum atomic E-state index is 0.267. The molecule has 0 aromatic heterocycles. The number of hydrogen-bond acceptors (Lipinski definition) is 2. The van der Waals surface area contributed by atoms with Gasteiger partial charge in [-0.3, -0.25) is 0 Å². The van der Waals surface area contributed by atoms with Gasteiger partial charge in [0, 0.05) is 17.6 Å². The second-order valence-corrected chi connectivity index (χ2v) is 5.55. The van der Waals surface area contributed by atoms with Crippen LogP contribution >= 0.6 is 0 Å². The van der Waals surface area contributed by atoms with Crippen molar-refractivity contribution in [2.75, 3.05) is 0 Å². The standard InChI is InChI=1S/C16H19NO/c1-16(9-4-10-16)17-11-14-13-6-3-2-5-12(13)7-8-15(14)18/h2-3,5-8,17-18H,4,9-11H2,1H3. The molecule has 18 heavy (non-hydrogen) atoms. The Morgan fingerprint density at radius 2 is 1.94 bits per heavy atom. The zero-order valence-corrected chi connectivity index (χ0v) is 10.7. The second-order valence-electron chi connectivity index (χ2n) is 5.55. The monoisotopic (exact) mass is 241 g/mol. The third-order valence-corrected chi connectivity index (χ3v) is 4.16. The van der Waals surface area contributed by atoms with Crippen molar-refractivity contribution < 1.29 is 5.11 Å².